The van der Waals surface area contributed by atoms with Crippen LogP contribution in [-0.2, 0) is 0 Å². The monoisotopic (exact) mass is 987 g/mol. The molecule has 272 valence electrons. The van der Waals surface area contributed by atoms with E-state index in [-0.39, 0.29) is 0 Å². The van der Waals surface area contributed by atoms with E-state index >= 15 is 0 Å². The van der Waals surface area contributed by atoms with Gasteiger partial charge in [-0.05, 0) is 136 Å². The minimum Gasteiger partial charge on any atom is -0.354 e. The third-order valence-corrected chi connectivity index (χ3v) is 12.6. The van der Waals surface area contributed by atoms with Crippen LogP contribution in [-0.4, -0.2) is 16.4 Å². The number of benzene rings is 4. The van der Waals surface area contributed by atoms with Gasteiger partial charge >= 0.3 is 0 Å². The van der Waals surface area contributed by atoms with Crippen LogP contribution in [0.1, 0.15) is 33.4 Å². The lowest BCUT2D eigenvalue weighted by molar-refractivity contribution is 1.24. The topological polar surface area (TPSA) is 40.5 Å². The predicted molar refractivity (Wildman–Crippen MR) is 250 cm³/mol. The molecule has 5 aromatic rings. The number of rotatable bonds is 4. The van der Waals surface area contributed by atoms with E-state index in [4.69, 9.17) is 9.98 Å². The van der Waals surface area contributed by atoms with Crippen LogP contribution < -0.4 is 10.7 Å². The Morgan fingerprint density at radius 1 is 0.333 bits per heavy atom. The van der Waals surface area contributed by atoms with Gasteiger partial charge in [0.15, 0.2) is 0 Å². The van der Waals surface area contributed by atoms with E-state index in [0.717, 1.165) is 118 Å². The van der Waals surface area contributed by atoms with Gasteiger partial charge in [0.1, 0.15) is 0 Å². The first-order chi connectivity index (χ1) is 27.9. The number of aliphatic imine (C=N–C) groups is 2. The maximum Gasteiger partial charge on any atom is 0.0738 e. The largest absolute Gasteiger partial charge is 0.354 e. The van der Waals surface area contributed by atoms with Gasteiger partial charge < -0.3 is 4.98 Å². The van der Waals surface area contributed by atoms with E-state index in [1.807, 2.05) is 0 Å². The summed E-state index contributed by atoms with van der Waals surface area (Å²) in [5, 5.41) is 1.98. The number of aromatic nitrogens is 1. The zero-order valence-corrected chi connectivity index (χ0v) is 36.4. The molecule has 10 rings (SSSR count). The van der Waals surface area contributed by atoms with Crippen LogP contribution in [0, 0.1) is 0 Å². The zero-order valence-electron chi connectivity index (χ0n) is 30.1. The Kier molecular flexibility index (Phi) is 9.50. The van der Waals surface area contributed by atoms with Crippen LogP contribution in [0.2, 0.25) is 0 Å². The van der Waals surface area contributed by atoms with Crippen LogP contribution in [0.4, 0.5) is 0 Å². The second-order valence-electron chi connectivity index (χ2n) is 14.0. The SMILES string of the molecule is Brc1ccc(C2=C3C=CC(=N3)C(c3ccc(Br)cc3)=c3ccc([nH]3)=C(c3ccc(Br)cc3)c3cc(c4cccccc3-4)C(c3ccc(Br)cc3)=C3C=CC2=N3)cc1. The number of nitrogens with one attached hydrogen (secondary N) is 1. The lowest BCUT2D eigenvalue weighted by Gasteiger charge is -2.12. The van der Waals surface area contributed by atoms with Crippen LogP contribution >= 0.6 is 63.7 Å². The average molecular weight is 991 g/mol. The number of hydrogen-bond acceptors (Lipinski definition) is 2. The molecule has 1 N–H and O–H groups in total. The molecule has 7 heteroatoms. The molecule has 0 amide bonds. The Morgan fingerprint density at radius 2 is 0.719 bits per heavy atom. The summed E-state index contributed by atoms with van der Waals surface area (Å²) >= 11 is 14.7. The summed E-state index contributed by atoms with van der Waals surface area (Å²) in [5.74, 6) is 0. The maximum absolute atomic E-state index is 5.51. The zero-order chi connectivity index (χ0) is 38.6. The number of H-pyrrole nitrogens is 1. The van der Waals surface area contributed by atoms with Crippen molar-refractivity contribution in [3.63, 3.8) is 0 Å². The molecular formula is C50H29Br4N3. The highest BCUT2D eigenvalue weighted by Crippen LogP contribution is 2.45. The Labute approximate surface area is 363 Å². The summed E-state index contributed by atoms with van der Waals surface area (Å²) in [6.45, 7) is 0. The van der Waals surface area contributed by atoms with Crippen molar-refractivity contribution in [1.29, 1.82) is 0 Å². The van der Waals surface area contributed by atoms with Crippen molar-refractivity contribution in [2.75, 3.05) is 0 Å². The molecule has 2 aliphatic carbocycles. The van der Waals surface area contributed by atoms with Crippen LogP contribution in [0.3, 0.4) is 0 Å². The molecule has 4 heterocycles. The van der Waals surface area contributed by atoms with Crippen LogP contribution in [0.15, 0.2) is 209 Å². The van der Waals surface area contributed by atoms with E-state index in [1.165, 1.54) is 0 Å². The van der Waals surface area contributed by atoms with Gasteiger partial charge in [-0.1, -0.05) is 143 Å². The van der Waals surface area contributed by atoms with E-state index in [2.05, 4.69) is 239 Å². The molecule has 0 atom stereocenters. The molecule has 5 aliphatic rings. The molecule has 3 aliphatic heterocycles. The molecular weight excluding hydrogens is 962 g/mol. The quantitative estimate of drug-likeness (QED) is 0.183. The highest BCUT2D eigenvalue weighted by atomic mass is 79.9. The molecule has 4 aromatic carbocycles. The molecule has 3 nitrogen and oxygen atoms in total. The van der Waals surface area contributed by atoms with Gasteiger partial charge in [0.2, 0.25) is 0 Å². The molecule has 0 unspecified atom stereocenters. The Morgan fingerprint density at radius 3 is 1.23 bits per heavy atom. The summed E-state index contributed by atoms with van der Waals surface area (Å²) in [6.07, 6.45) is 8.55. The molecule has 0 radical (unpaired) electrons. The Balaban J connectivity index is 1.39. The minimum atomic E-state index is 0.853. The standard InChI is InChI=1S/C50H29Br4N3/c51-33-14-6-29(7-15-33)47-39-28-40(38-5-3-1-2-4-37(38)39)48(30-8-16-34(52)17-9-30)42-23-25-44(56-42)50(32-12-20-36(54)21-13-32)46-27-26-45(57-46)49(43-24-22-41(47)55-43)31-10-18-35(53)19-11-31/h1-28,55H. The maximum atomic E-state index is 5.51. The van der Waals surface area contributed by atoms with Crippen molar-refractivity contribution in [1.82, 2.24) is 4.98 Å². The second-order valence-corrected chi connectivity index (χ2v) is 17.6. The number of fused-ring (bicyclic) bond motifs is 9. The second kappa shape index (κ2) is 15.0. The molecule has 0 saturated carbocycles. The molecule has 0 spiro atoms. The van der Waals surface area contributed by atoms with Crippen molar-refractivity contribution in [2.24, 2.45) is 9.98 Å². The number of nitrogens with zero attached hydrogens (tertiary/aromatic N) is 2. The fourth-order valence-electron chi connectivity index (χ4n) is 7.93. The van der Waals surface area contributed by atoms with Crippen molar-refractivity contribution < 1.29 is 0 Å². The first kappa shape index (κ1) is 36.2. The van der Waals surface area contributed by atoms with Crippen LogP contribution in [0.5, 0.6) is 0 Å². The van der Waals surface area contributed by atoms with E-state index in [9.17, 15) is 0 Å². The van der Waals surface area contributed by atoms with Gasteiger partial charge in [-0.3, -0.25) is 0 Å². The van der Waals surface area contributed by atoms with Crippen molar-refractivity contribution in [3.05, 3.63) is 243 Å². The van der Waals surface area contributed by atoms with Gasteiger partial charge in [-0.2, -0.15) is 0 Å². The van der Waals surface area contributed by atoms with Gasteiger partial charge in [0, 0.05) is 50.9 Å². The van der Waals surface area contributed by atoms with Gasteiger partial charge in [0.05, 0.1) is 22.8 Å². The molecule has 0 fully saturated rings. The van der Waals surface area contributed by atoms with E-state index in [0.29, 0.717) is 0 Å². The first-order valence-corrected chi connectivity index (χ1v) is 21.6. The number of allylic oxidation sites excluding steroid dienone is 5. The molecule has 0 saturated heterocycles. The fraction of sp³-hybridized carbons (Fsp3) is 0. The average Bonchev–Trinajstić information content (AvgIpc) is 4.03. The fourth-order valence-corrected chi connectivity index (χ4v) is 8.99. The number of aromatic amines is 1. The van der Waals surface area contributed by atoms with Gasteiger partial charge in [-0.15, -0.1) is 0 Å². The third-order valence-electron chi connectivity index (χ3n) is 10.5. The highest BCUT2D eigenvalue weighted by molar-refractivity contribution is 9.11. The summed E-state index contributed by atoms with van der Waals surface area (Å²) in [5.41, 5.74) is 16.4. The van der Waals surface area contributed by atoms with Gasteiger partial charge in [-0.25, -0.2) is 9.98 Å². The lowest BCUT2D eigenvalue weighted by atomic mass is 9.94. The van der Waals surface area contributed by atoms with Crippen LogP contribution in [0.25, 0.3) is 33.4 Å². The Hall–Kier alpha value is -5.18. The molecule has 8 bridgehead atoms. The van der Waals surface area contributed by atoms with Gasteiger partial charge in [0.25, 0.3) is 0 Å². The molecule has 1 aromatic heterocycles. The normalized spacial score (nSPS) is 14.9. The first-order valence-electron chi connectivity index (χ1n) is 18.4. The lowest BCUT2D eigenvalue weighted by Crippen LogP contribution is -2.19. The van der Waals surface area contributed by atoms with E-state index < -0.39 is 0 Å². The number of hydrogen-bond donors (Lipinski definition) is 1. The number of halogens is 4. The highest BCUT2D eigenvalue weighted by Gasteiger charge is 2.27. The van der Waals surface area contributed by atoms with Crippen molar-refractivity contribution >= 4 is 97.4 Å². The smallest absolute Gasteiger partial charge is 0.0738 e. The summed E-state index contributed by atoms with van der Waals surface area (Å²) in [4.78, 5) is 14.8. The van der Waals surface area contributed by atoms with Crippen molar-refractivity contribution in [2.45, 2.75) is 0 Å². The Bertz CT molecular complexity index is 3050. The summed E-state index contributed by atoms with van der Waals surface area (Å²) in [7, 11) is 0. The minimum absolute atomic E-state index is 0.853. The summed E-state index contributed by atoms with van der Waals surface area (Å²) in [6, 6.07) is 51.6. The summed E-state index contributed by atoms with van der Waals surface area (Å²) < 4.78 is 4.08. The molecule has 57 heavy (non-hydrogen) atoms. The predicted octanol–water partition coefficient (Wildman–Crippen LogP) is 12.8. The third kappa shape index (κ3) is 6.76. The van der Waals surface area contributed by atoms with E-state index in [1.54, 1.807) is 0 Å². The van der Waals surface area contributed by atoms with Crippen molar-refractivity contribution in [3.8, 4) is 11.1 Å².